The van der Waals surface area contributed by atoms with Crippen molar-refractivity contribution >= 4 is 23.2 Å². The molecule has 0 bridgehead atoms. The molecule has 0 spiro atoms. The minimum absolute atomic E-state index is 0.276. The summed E-state index contributed by atoms with van der Waals surface area (Å²) in [6.45, 7) is 0. The maximum absolute atomic E-state index is 11.1. The molecule has 2 rings (SSSR count). The molecule has 1 aromatic rings. The zero-order valence-electron chi connectivity index (χ0n) is 9.55. The maximum atomic E-state index is 11.1. The molecule has 0 aliphatic heterocycles. The van der Waals surface area contributed by atoms with Gasteiger partial charge in [-0.15, -0.1) is 0 Å². The molecule has 6 heteroatoms. The van der Waals surface area contributed by atoms with Gasteiger partial charge in [0.05, 0.1) is 12.0 Å². The number of aliphatic hydroxyl groups excluding tert-OH is 1. The maximum Gasteiger partial charge on any atom is 0.220 e. The molecule has 1 fully saturated rings. The normalized spacial score (nSPS) is 28.1. The highest BCUT2D eigenvalue weighted by atomic mass is 35.5. The van der Waals surface area contributed by atoms with Crippen LogP contribution in [-0.2, 0) is 0 Å². The molecule has 3 atom stereocenters. The molecule has 1 aliphatic carbocycles. The summed E-state index contributed by atoms with van der Waals surface area (Å²) >= 11 is 11.9. The van der Waals surface area contributed by atoms with Crippen LogP contribution in [-0.4, -0.2) is 22.2 Å². The van der Waals surface area contributed by atoms with Gasteiger partial charge < -0.3 is 5.11 Å². The van der Waals surface area contributed by atoms with Gasteiger partial charge in [-0.25, -0.2) is 0 Å². The van der Waals surface area contributed by atoms with E-state index in [-0.39, 0.29) is 10.8 Å². The van der Waals surface area contributed by atoms with Crippen molar-refractivity contribution in [1.29, 1.82) is 0 Å². The Morgan fingerprint density at radius 2 is 2.06 bits per heavy atom. The van der Waals surface area contributed by atoms with E-state index < -0.39 is 12.1 Å². The van der Waals surface area contributed by atoms with E-state index >= 15 is 0 Å². The lowest BCUT2D eigenvalue weighted by atomic mass is 9.79. The zero-order chi connectivity index (χ0) is 13.3. The standard InChI is InChI=1S/C12H13Cl2NO3/c13-7-1-3-9(11(14)5-7)10-6-8(16)2-4-12(10)15(17)18/h1,3,5,8,10,12,16H,2,4,6H2. The lowest BCUT2D eigenvalue weighted by Gasteiger charge is -2.29. The van der Waals surface area contributed by atoms with Crippen molar-refractivity contribution < 1.29 is 10.0 Å². The van der Waals surface area contributed by atoms with Crippen LogP contribution >= 0.6 is 23.2 Å². The second-order valence-electron chi connectivity index (χ2n) is 4.59. The molecule has 1 aromatic carbocycles. The second-order valence-corrected chi connectivity index (χ2v) is 5.44. The van der Waals surface area contributed by atoms with Crippen molar-refractivity contribution in [3.05, 3.63) is 43.9 Å². The number of hydrogen-bond acceptors (Lipinski definition) is 3. The highest BCUT2D eigenvalue weighted by Crippen LogP contribution is 2.38. The summed E-state index contributed by atoms with van der Waals surface area (Å²) in [6.07, 6.45) is 0.705. The zero-order valence-corrected chi connectivity index (χ0v) is 11.1. The predicted octanol–water partition coefficient (Wildman–Crippen LogP) is 3.27. The summed E-state index contributed by atoms with van der Waals surface area (Å²) in [4.78, 5) is 10.8. The second kappa shape index (κ2) is 5.43. The van der Waals surface area contributed by atoms with Gasteiger partial charge in [0.1, 0.15) is 0 Å². The summed E-state index contributed by atoms with van der Waals surface area (Å²) in [7, 11) is 0. The fourth-order valence-electron chi connectivity index (χ4n) is 2.52. The first-order chi connectivity index (χ1) is 8.49. The quantitative estimate of drug-likeness (QED) is 0.671. The summed E-state index contributed by atoms with van der Waals surface area (Å²) in [5.74, 6) is -0.353. The molecule has 1 N–H and O–H groups in total. The van der Waals surface area contributed by atoms with Gasteiger partial charge in [0.2, 0.25) is 6.04 Å². The van der Waals surface area contributed by atoms with Gasteiger partial charge in [0.15, 0.2) is 0 Å². The Labute approximate surface area is 115 Å². The Hall–Kier alpha value is -0.840. The first kappa shape index (κ1) is 13.6. The molecule has 0 radical (unpaired) electrons. The topological polar surface area (TPSA) is 63.4 Å². The summed E-state index contributed by atoms with van der Waals surface area (Å²) < 4.78 is 0. The first-order valence-electron chi connectivity index (χ1n) is 5.75. The fraction of sp³-hybridized carbons (Fsp3) is 0.500. The number of aliphatic hydroxyl groups is 1. The highest BCUT2D eigenvalue weighted by Gasteiger charge is 2.39. The molecule has 0 heterocycles. The van der Waals surface area contributed by atoms with Crippen LogP contribution in [0.4, 0.5) is 0 Å². The average molecular weight is 290 g/mol. The molecule has 0 amide bonds. The SMILES string of the molecule is O=[N+]([O-])C1CCC(O)CC1c1ccc(Cl)cc1Cl. The van der Waals surface area contributed by atoms with Crippen molar-refractivity contribution in [3.63, 3.8) is 0 Å². The largest absolute Gasteiger partial charge is 0.393 e. The van der Waals surface area contributed by atoms with E-state index in [1.54, 1.807) is 18.2 Å². The molecule has 3 unspecified atom stereocenters. The van der Waals surface area contributed by atoms with E-state index in [2.05, 4.69) is 0 Å². The molecule has 0 aromatic heterocycles. The predicted molar refractivity (Wildman–Crippen MR) is 69.8 cm³/mol. The monoisotopic (exact) mass is 289 g/mol. The first-order valence-corrected chi connectivity index (χ1v) is 6.51. The van der Waals surface area contributed by atoms with E-state index in [9.17, 15) is 15.2 Å². The minimum atomic E-state index is -0.688. The third-order valence-corrected chi connectivity index (χ3v) is 3.98. The van der Waals surface area contributed by atoms with Crippen molar-refractivity contribution in [3.8, 4) is 0 Å². The van der Waals surface area contributed by atoms with Crippen molar-refractivity contribution in [1.82, 2.24) is 0 Å². The number of nitrogens with zero attached hydrogens (tertiary/aromatic N) is 1. The van der Waals surface area contributed by atoms with Gasteiger partial charge >= 0.3 is 0 Å². The van der Waals surface area contributed by atoms with Gasteiger partial charge in [0, 0.05) is 21.4 Å². The lowest BCUT2D eigenvalue weighted by molar-refractivity contribution is -0.531. The molecule has 0 saturated heterocycles. The van der Waals surface area contributed by atoms with Gasteiger partial charge in [-0.3, -0.25) is 10.1 Å². The third-order valence-electron chi connectivity index (χ3n) is 3.42. The Balaban J connectivity index is 2.35. The number of halogens is 2. The van der Waals surface area contributed by atoms with Crippen LogP contribution in [0.5, 0.6) is 0 Å². The van der Waals surface area contributed by atoms with Crippen LogP contribution in [0.15, 0.2) is 18.2 Å². The third kappa shape index (κ3) is 2.76. The van der Waals surface area contributed by atoms with Gasteiger partial charge in [-0.2, -0.15) is 0 Å². The summed E-state index contributed by atoms with van der Waals surface area (Å²) in [5, 5.41) is 21.7. The van der Waals surface area contributed by atoms with E-state index in [1.165, 1.54) is 0 Å². The molecule has 1 aliphatic rings. The number of nitro groups is 1. The van der Waals surface area contributed by atoms with Crippen LogP contribution in [0.1, 0.15) is 30.7 Å². The molecule has 18 heavy (non-hydrogen) atoms. The van der Waals surface area contributed by atoms with Gasteiger partial charge in [0.25, 0.3) is 0 Å². The number of benzene rings is 1. The molecule has 4 nitrogen and oxygen atoms in total. The van der Waals surface area contributed by atoms with E-state index in [1.807, 2.05) is 0 Å². The van der Waals surface area contributed by atoms with E-state index in [0.717, 1.165) is 0 Å². The number of rotatable bonds is 2. The lowest BCUT2D eigenvalue weighted by Crippen LogP contribution is -2.35. The van der Waals surface area contributed by atoms with Crippen LogP contribution < -0.4 is 0 Å². The molecule has 1 saturated carbocycles. The Morgan fingerprint density at radius 3 is 2.67 bits per heavy atom. The minimum Gasteiger partial charge on any atom is -0.393 e. The van der Waals surface area contributed by atoms with Crippen molar-refractivity contribution in [2.24, 2.45) is 0 Å². The highest BCUT2D eigenvalue weighted by molar-refractivity contribution is 6.35. The smallest absolute Gasteiger partial charge is 0.220 e. The Morgan fingerprint density at radius 1 is 1.33 bits per heavy atom. The van der Waals surface area contributed by atoms with Crippen LogP contribution in [0.2, 0.25) is 10.0 Å². The average Bonchev–Trinajstić information content (AvgIpc) is 2.28. The van der Waals surface area contributed by atoms with Crippen LogP contribution in [0.3, 0.4) is 0 Å². The van der Waals surface area contributed by atoms with Gasteiger partial charge in [-0.05, 0) is 30.5 Å². The van der Waals surface area contributed by atoms with Crippen LogP contribution in [0.25, 0.3) is 0 Å². The Bertz CT molecular complexity index is 467. The summed E-state index contributed by atoms with van der Waals surface area (Å²) in [5.41, 5.74) is 0.696. The summed E-state index contributed by atoms with van der Waals surface area (Å²) in [6, 6.07) is 4.27. The van der Waals surface area contributed by atoms with Crippen molar-refractivity contribution in [2.75, 3.05) is 0 Å². The van der Waals surface area contributed by atoms with E-state index in [0.29, 0.717) is 34.9 Å². The van der Waals surface area contributed by atoms with Crippen molar-refractivity contribution in [2.45, 2.75) is 37.3 Å². The fourth-order valence-corrected chi connectivity index (χ4v) is 3.07. The molecular weight excluding hydrogens is 277 g/mol. The molecular formula is C12H13Cl2NO3. The van der Waals surface area contributed by atoms with Gasteiger partial charge in [-0.1, -0.05) is 29.3 Å². The molecule has 98 valence electrons. The van der Waals surface area contributed by atoms with Crippen LogP contribution in [0, 0.1) is 10.1 Å². The Kier molecular flexibility index (Phi) is 4.10. The number of hydrogen-bond donors (Lipinski definition) is 1. The van der Waals surface area contributed by atoms with E-state index in [4.69, 9.17) is 23.2 Å².